The SMILES string of the molecule is COc1cc2c(-c3ccccc3)nc3oc4ccc(-c5ccc(Br)cc5)cc4c3c2cc1OC. The molecular formula is C29H20BrNO3. The van der Waals surface area contributed by atoms with Crippen LogP contribution in [0.15, 0.2) is 93.8 Å². The van der Waals surface area contributed by atoms with Crippen molar-refractivity contribution in [3.63, 3.8) is 0 Å². The van der Waals surface area contributed by atoms with Crippen LogP contribution >= 0.6 is 15.9 Å². The molecule has 166 valence electrons. The standard InChI is InChI=1S/C29H20BrNO3/c1-32-25-15-21-22(16-26(25)33-2)28(18-6-4-3-5-7-18)31-29-27(21)23-14-19(10-13-24(23)34-29)17-8-11-20(30)12-9-17/h3-16H,1-2H3. The van der Waals surface area contributed by atoms with Gasteiger partial charge in [0, 0.05) is 26.2 Å². The van der Waals surface area contributed by atoms with Crippen LogP contribution in [0.5, 0.6) is 11.5 Å². The number of aromatic nitrogens is 1. The molecule has 34 heavy (non-hydrogen) atoms. The van der Waals surface area contributed by atoms with Crippen LogP contribution in [-0.2, 0) is 0 Å². The molecule has 0 fully saturated rings. The molecule has 5 heteroatoms. The highest BCUT2D eigenvalue weighted by molar-refractivity contribution is 9.10. The number of methoxy groups -OCH3 is 2. The summed E-state index contributed by atoms with van der Waals surface area (Å²) in [4.78, 5) is 4.99. The highest BCUT2D eigenvalue weighted by Gasteiger charge is 2.19. The van der Waals surface area contributed by atoms with Gasteiger partial charge < -0.3 is 13.9 Å². The second kappa shape index (κ2) is 8.19. The predicted molar refractivity (Wildman–Crippen MR) is 141 cm³/mol. The van der Waals surface area contributed by atoms with E-state index in [4.69, 9.17) is 18.9 Å². The summed E-state index contributed by atoms with van der Waals surface area (Å²) in [6.07, 6.45) is 0. The Bertz CT molecular complexity index is 1670. The first-order chi connectivity index (χ1) is 16.7. The molecule has 0 N–H and O–H groups in total. The van der Waals surface area contributed by atoms with E-state index in [1.54, 1.807) is 14.2 Å². The van der Waals surface area contributed by atoms with Crippen molar-refractivity contribution in [2.24, 2.45) is 0 Å². The molecule has 0 saturated carbocycles. The number of nitrogens with zero attached hydrogens (tertiary/aromatic N) is 1. The quantitative estimate of drug-likeness (QED) is 0.240. The summed E-state index contributed by atoms with van der Waals surface area (Å²) >= 11 is 3.52. The topological polar surface area (TPSA) is 44.5 Å². The normalized spacial score (nSPS) is 11.4. The van der Waals surface area contributed by atoms with Gasteiger partial charge in [0.25, 0.3) is 0 Å². The van der Waals surface area contributed by atoms with E-state index >= 15 is 0 Å². The summed E-state index contributed by atoms with van der Waals surface area (Å²) in [7, 11) is 3.30. The fourth-order valence-corrected chi connectivity index (χ4v) is 4.77. The molecule has 0 aliphatic rings. The fourth-order valence-electron chi connectivity index (χ4n) is 4.51. The number of hydrogen-bond acceptors (Lipinski definition) is 4. The third kappa shape index (κ3) is 3.32. The van der Waals surface area contributed by atoms with E-state index in [0.717, 1.165) is 54.0 Å². The maximum atomic E-state index is 6.27. The van der Waals surface area contributed by atoms with Crippen molar-refractivity contribution < 1.29 is 13.9 Å². The van der Waals surface area contributed by atoms with Crippen LogP contribution in [-0.4, -0.2) is 19.2 Å². The van der Waals surface area contributed by atoms with Crippen molar-refractivity contribution >= 4 is 48.8 Å². The number of fused-ring (bicyclic) bond motifs is 5. The number of hydrogen-bond donors (Lipinski definition) is 0. The molecule has 2 aromatic heterocycles. The van der Waals surface area contributed by atoms with Crippen molar-refractivity contribution in [2.75, 3.05) is 14.2 Å². The summed E-state index contributed by atoms with van der Waals surface area (Å²) in [5.74, 6) is 1.33. The Balaban J connectivity index is 1.72. The molecule has 4 aromatic carbocycles. The first-order valence-electron chi connectivity index (χ1n) is 10.9. The molecule has 0 unspecified atom stereocenters. The van der Waals surface area contributed by atoms with Gasteiger partial charge in [-0.3, -0.25) is 0 Å². The van der Waals surface area contributed by atoms with Gasteiger partial charge in [0.1, 0.15) is 5.58 Å². The van der Waals surface area contributed by atoms with E-state index in [1.807, 2.05) is 48.5 Å². The molecule has 0 amide bonds. The molecule has 0 aliphatic carbocycles. The smallest absolute Gasteiger partial charge is 0.228 e. The van der Waals surface area contributed by atoms with Gasteiger partial charge in [0.2, 0.25) is 5.71 Å². The molecule has 0 atom stereocenters. The number of ether oxygens (including phenoxy) is 2. The Morgan fingerprint density at radius 3 is 2.06 bits per heavy atom. The lowest BCUT2D eigenvalue weighted by Gasteiger charge is -2.12. The van der Waals surface area contributed by atoms with Crippen LogP contribution in [0.25, 0.3) is 55.2 Å². The minimum Gasteiger partial charge on any atom is -0.493 e. The lowest BCUT2D eigenvalue weighted by Crippen LogP contribution is -1.93. The number of pyridine rings is 1. The second-order valence-electron chi connectivity index (χ2n) is 8.08. The minimum atomic E-state index is 0.599. The van der Waals surface area contributed by atoms with Gasteiger partial charge in [0.15, 0.2) is 11.5 Å². The first kappa shape index (κ1) is 20.8. The molecule has 6 aromatic rings. The van der Waals surface area contributed by atoms with E-state index in [2.05, 4.69) is 52.3 Å². The zero-order valence-electron chi connectivity index (χ0n) is 18.6. The predicted octanol–water partition coefficient (Wildman–Crippen LogP) is 8.25. The van der Waals surface area contributed by atoms with Gasteiger partial charge in [-0.1, -0.05) is 64.5 Å². The van der Waals surface area contributed by atoms with Gasteiger partial charge in [-0.15, -0.1) is 0 Å². The van der Waals surface area contributed by atoms with Crippen molar-refractivity contribution in [1.29, 1.82) is 0 Å². The first-order valence-corrected chi connectivity index (χ1v) is 11.7. The van der Waals surface area contributed by atoms with Gasteiger partial charge in [-0.25, -0.2) is 4.98 Å². The van der Waals surface area contributed by atoms with Crippen LogP contribution in [0, 0.1) is 0 Å². The average molecular weight is 510 g/mol. The summed E-state index contributed by atoms with van der Waals surface area (Å²) in [5, 5.41) is 3.96. The number of benzene rings is 4. The minimum absolute atomic E-state index is 0.599. The van der Waals surface area contributed by atoms with Crippen LogP contribution in [0.3, 0.4) is 0 Å². The Kier molecular flexibility index (Phi) is 5.00. The van der Waals surface area contributed by atoms with E-state index in [0.29, 0.717) is 17.2 Å². The van der Waals surface area contributed by atoms with Gasteiger partial charge in [-0.2, -0.15) is 0 Å². The molecule has 0 radical (unpaired) electrons. The number of furan rings is 1. The van der Waals surface area contributed by atoms with Crippen LogP contribution in [0.1, 0.15) is 0 Å². The zero-order valence-corrected chi connectivity index (χ0v) is 20.2. The second-order valence-corrected chi connectivity index (χ2v) is 8.99. The molecular weight excluding hydrogens is 490 g/mol. The largest absolute Gasteiger partial charge is 0.493 e. The Morgan fingerprint density at radius 2 is 1.35 bits per heavy atom. The highest BCUT2D eigenvalue weighted by Crippen LogP contribution is 2.43. The van der Waals surface area contributed by atoms with Gasteiger partial charge >= 0.3 is 0 Å². The molecule has 0 aliphatic heterocycles. The average Bonchev–Trinajstić information content (AvgIpc) is 3.26. The molecule has 0 bridgehead atoms. The van der Waals surface area contributed by atoms with Crippen LogP contribution < -0.4 is 9.47 Å². The Labute approximate surface area is 204 Å². The van der Waals surface area contributed by atoms with Crippen molar-refractivity contribution in [3.8, 4) is 33.9 Å². The van der Waals surface area contributed by atoms with Gasteiger partial charge in [-0.05, 0) is 47.5 Å². The molecule has 4 nitrogen and oxygen atoms in total. The van der Waals surface area contributed by atoms with Crippen molar-refractivity contribution in [2.45, 2.75) is 0 Å². The summed E-state index contributed by atoms with van der Waals surface area (Å²) < 4.78 is 18.6. The zero-order chi connectivity index (χ0) is 23.2. The molecule has 2 heterocycles. The fraction of sp³-hybridized carbons (Fsp3) is 0.0690. The van der Waals surface area contributed by atoms with E-state index in [1.165, 1.54) is 0 Å². The van der Waals surface area contributed by atoms with Crippen molar-refractivity contribution in [3.05, 3.63) is 89.4 Å². The summed E-state index contributed by atoms with van der Waals surface area (Å²) in [5.41, 5.74) is 5.50. The maximum Gasteiger partial charge on any atom is 0.228 e. The Morgan fingerprint density at radius 1 is 0.676 bits per heavy atom. The number of halogens is 1. The highest BCUT2D eigenvalue weighted by atomic mass is 79.9. The van der Waals surface area contributed by atoms with E-state index in [9.17, 15) is 0 Å². The third-order valence-corrected chi connectivity index (χ3v) is 6.68. The van der Waals surface area contributed by atoms with E-state index < -0.39 is 0 Å². The van der Waals surface area contributed by atoms with E-state index in [-0.39, 0.29) is 0 Å². The van der Waals surface area contributed by atoms with Crippen LogP contribution in [0.2, 0.25) is 0 Å². The van der Waals surface area contributed by atoms with Crippen LogP contribution in [0.4, 0.5) is 0 Å². The molecule has 0 spiro atoms. The molecule has 6 rings (SSSR count). The van der Waals surface area contributed by atoms with Gasteiger partial charge in [0.05, 0.1) is 25.3 Å². The maximum absolute atomic E-state index is 6.27. The third-order valence-electron chi connectivity index (χ3n) is 6.16. The monoisotopic (exact) mass is 509 g/mol. The summed E-state index contributed by atoms with van der Waals surface area (Å²) in [6.45, 7) is 0. The Hall–Kier alpha value is -3.83. The number of rotatable bonds is 4. The van der Waals surface area contributed by atoms with Crippen molar-refractivity contribution in [1.82, 2.24) is 4.98 Å². The lowest BCUT2D eigenvalue weighted by molar-refractivity contribution is 0.356. The lowest BCUT2D eigenvalue weighted by atomic mass is 9.98. The molecule has 0 saturated heterocycles. The summed E-state index contributed by atoms with van der Waals surface area (Å²) in [6, 6.07) is 28.7.